The molecule has 0 saturated carbocycles. The van der Waals surface area contributed by atoms with Crippen LogP contribution in [0.3, 0.4) is 0 Å². The van der Waals surface area contributed by atoms with E-state index >= 15 is 0 Å². The quantitative estimate of drug-likeness (QED) is 0.588. The number of rotatable bonds is 10. The third-order valence-corrected chi connectivity index (χ3v) is 2.29. The fraction of sp³-hybridized carbons (Fsp3) is 1.00. The van der Waals surface area contributed by atoms with E-state index in [-0.39, 0.29) is 6.61 Å². The first kappa shape index (κ1) is 15.9. The normalized spacial score (nSPS) is 12.0. The van der Waals surface area contributed by atoms with Gasteiger partial charge in [0.1, 0.15) is 0 Å². The molecular formula is C13H28O3. The summed E-state index contributed by atoms with van der Waals surface area (Å²) in [6.07, 6.45) is 2.56. The number of aliphatic hydroxyl groups excluding tert-OH is 1. The van der Waals surface area contributed by atoms with Gasteiger partial charge in [-0.25, -0.2) is 0 Å². The zero-order valence-corrected chi connectivity index (χ0v) is 11.2. The van der Waals surface area contributed by atoms with Crippen molar-refractivity contribution in [2.45, 2.75) is 46.6 Å². The predicted molar refractivity (Wildman–Crippen MR) is 66.6 cm³/mol. The second-order valence-corrected chi connectivity index (χ2v) is 5.09. The van der Waals surface area contributed by atoms with Crippen LogP contribution in [0.15, 0.2) is 0 Å². The summed E-state index contributed by atoms with van der Waals surface area (Å²) in [6, 6.07) is 0. The predicted octanol–water partition coefficient (Wildman–Crippen LogP) is 2.47. The van der Waals surface area contributed by atoms with Gasteiger partial charge in [-0.1, -0.05) is 27.7 Å². The Kier molecular flexibility index (Phi) is 9.99. The Hall–Kier alpha value is -0.120. The molecule has 0 aliphatic heterocycles. The monoisotopic (exact) mass is 232 g/mol. The van der Waals surface area contributed by atoms with Gasteiger partial charge < -0.3 is 14.6 Å². The maximum atomic E-state index is 8.55. The number of ether oxygens (including phenoxy) is 2. The average Bonchev–Trinajstić information content (AvgIpc) is 2.15. The largest absolute Gasteiger partial charge is 0.394 e. The molecule has 0 spiro atoms. The van der Waals surface area contributed by atoms with Gasteiger partial charge in [0, 0.05) is 0 Å². The van der Waals surface area contributed by atoms with Crippen LogP contribution in [0.4, 0.5) is 0 Å². The van der Waals surface area contributed by atoms with E-state index < -0.39 is 0 Å². The summed E-state index contributed by atoms with van der Waals surface area (Å²) in [7, 11) is 0. The van der Waals surface area contributed by atoms with E-state index in [2.05, 4.69) is 27.7 Å². The molecule has 0 saturated heterocycles. The van der Waals surface area contributed by atoms with E-state index in [0.717, 1.165) is 12.8 Å². The molecule has 0 bridgehead atoms. The van der Waals surface area contributed by atoms with Crippen molar-refractivity contribution in [3.8, 4) is 0 Å². The van der Waals surface area contributed by atoms with Crippen molar-refractivity contribution in [1.29, 1.82) is 0 Å². The molecule has 98 valence electrons. The molecule has 0 amide bonds. The molecular weight excluding hydrogens is 204 g/mol. The molecule has 0 radical (unpaired) electrons. The van der Waals surface area contributed by atoms with Crippen LogP contribution in [0.1, 0.15) is 40.5 Å². The van der Waals surface area contributed by atoms with Crippen LogP contribution in [-0.4, -0.2) is 37.6 Å². The third-order valence-electron chi connectivity index (χ3n) is 2.29. The average molecular weight is 232 g/mol. The first-order valence-corrected chi connectivity index (χ1v) is 6.36. The van der Waals surface area contributed by atoms with Crippen molar-refractivity contribution in [3.05, 3.63) is 0 Å². The van der Waals surface area contributed by atoms with Crippen molar-refractivity contribution in [1.82, 2.24) is 0 Å². The molecule has 1 N–H and O–H groups in total. The lowest BCUT2D eigenvalue weighted by molar-refractivity contribution is -0.0170. The molecule has 0 aliphatic rings. The summed E-state index contributed by atoms with van der Waals surface area (Å²) < 4.78 is 11.0. The van der Waals surface area contributed by atoms with Gasteiger partial charge in [-0.3, -0.25) is 0 Å². The lowest BCUT2D eigenvalue weighted by Gasteiger charge is -2.21. The van der Waals surface area contributed by atoms with Crippen molar-refractivity contribution >= 4 is 0 Å². The van der Waals surface area contributed by atoms with Crippen molar-refractivity contribution in [2.75, 3.05) is 26.4 Å². The summed E-state index contributed by atoms with van der Waals surface area (Å²) in [5.74, 6) is 1.34. The van der Waals surface area contributed by atoms with Crippen molar-refractivity contribution in [2.24, 2.45) is 11.8 Å². The highest BCUT2D eigenvalue weighted by Gasteiger charge is 2.13. The molecule has 0 unspecified atom stereocenters. The molecule has 16 heavy (non-hydrogen) atoms. The third kappa shape index (κ3) is 10.4. The highest BCUT2D eigenvalue weighted by Crippen LogP contribution is 2.16. The van der Waals surface area contributed by atoms with Crippen LogP contribution in [0.25, 0.3) is 0 Å². The maximum Gasteiger partial charge on any atom is 0.0704 e. The zero-order chi connectivity index (χ0) is 12.4. The van der Waals surface area contributed by atoms with Gasteiger partial charge in [-0.15, -0.1) is 0 Å². The Morgan fingerprint density at radius 3 is 1.88 bits per heavy atom. The summed E-state index contributed by atoms with van der Waals surface area (Å²) in [5, 5.41) is 8.55. The molecule has 3 heteroatoms. The SMILES string of the molecule is CC(C)CC(CC(C)C)OCCOCCO. The molecule has 3 nitrogen and oxygen atoms in total. The molecule has 0 aromatic heterocycles. The van der Waals surface area contributed by atoms with Crippen LogP contribution in [-0.2, 0) is 9.47 Å². The van der Waals surface area contributed by atoms with Crippen LogP contribution in [0, 0.1) is 11.8 Å². The van der Waals surface area contributed by atoms with Gasteiger partial charge in [0.05, 0.1) is 32.5 Å². The Morgan fingerprint density at radius 2 is 1.44 bits per heavy atom. The molecule has 0 aliphatic carbocycles. The fourth-order valence-electron chi connectivity index (χ4n) is 1.72. The summed E-state index contributed by atoms with van der Waals surface area (Å²) in [6.45, 7) is 10.6. The topological polar surface area (TPSA) is 38.7 Å². The molecule has 0 heterocycles. The summed E-state index contributed by atoms with van der Waals surface area (Å²) in [5.41, 5.74) is 0. The Morgan fingerprint density at radius 1 is 0.875 bits per heavy atom. The second-order valence-electron chi connectivity index (χ2n) is 5.09. The van der Waals surface area contributed by atoms with E-state index in [9.17, 15) is 0 Å². The second kappa shape index (κ2) is 10.1. The minimum absolute atomic E-state index is 0.0847. The maximum absolute atomic E-state index is 8.55. The standard InChI is InChI=1S/C13H28O3/c1-11(2)9-13(10-12(3)4)16-8-7-15-6-5-14/h11-14H,5-10H2,1-4H3. The molecule has 0 rings (SSSR count). The van der Waals surface area contributed by atoms with Gasteiger partial charge >= 0.3 is 0 Å². The van der Waals surface area contributed by atoms with Gasteiger partial charge in [0.25, 0.3) is 0 Å². The Labute approximate surface area is 100 Å². The molecule has 0 atom stereocenters. The lowest BCUT2D eigenvalue weighted by atomic mass is 9.98. The number of aliphatic hydroxyl groups is 1. The van der Waals surface area contributed by atoms with E-state index in [1.807, 2.05) is 0 Å². The van der Waals surface area contributed by atoms with Crippen LogP contribution in [0.2, 0.25) is 0 Å². The van der Waals surface area contributed by atoms with Gasteiger partial charge in [0.15, 0.2) is 0 Å². The Balaban J connectivity index is 3.65. The molecule has 0 fully saturated rings. The lowest BCUT2D eigenvalue weighted by Crippen LogP contribution is -2.20. The van der Waals surface area contributed by atoms with Gasteiger partial charge in [-0.2, -0.15) is 0 Å². The van der Waals surface area contributed by atoms with Gasteiger partial charge in [0.2, 0.25) is 0 Å². The summed E-state index contributed by atoms with van der Waals surface area (Å²) in [4.78, 5) is 0. The first-order chi connectivity index (χ1) is 7.56. The smallest absolute Gasteiger partial charge is 0.0704 e. The zero-order valence-electron chi connectivity index (χ0n) is 11.2. The highest BCUT2D eigenvalue weighted by molar-refractivity contribution is 4.63. The van der Waals surface area contributed by atoms with Gasteiger partial charge in [-0.05, 0) is 24.7 Å². The van der Waals surface area contributed by atoms with Crippen LogP contribution >= 0.6 is 0 Å². The van der Waals surface area contributed by atoms with Crippen LogP contribution in [0.5, 0.6) is 0 Å². The van der Waals surface area contributed by atoms with E-state index in [1.165, 1.54) is 0 Å². The first-order valence-electron chi connectivity index (χ1n) is 6.36. The van der Waals surface area contributed by atoms with Crippen LogP contribution < -0.4 is 0 Å². The minimum atomic E-state index is 0.0847. The molecule has 0 aromatic rings. The summed E-state index contributed by atoms with van der Waals surface area (Å²) >= 11 is 0. The minimum Gasteiger partial charge on any atom is -0.394 e. The highest BCUT2D eigenvalue weighted by atomic mass is 16.5. The van der Waals surface area contributed by atoms with E-state index in [0.29, 0.717) is 37.8 Å². The van der Waals surface area contributed by atoms with E-state index in [4.69, 9.17) is 14.6 Å². The number of hydrogen-bond acceptors (Lipinski definition) is 3. The fourth-order valence-corrected chi connectivity index (χ4v) is 1.72. The number of hydrogen-bond donors (Lipinski definition) is 1. The van der Waals surface area contributed by atoms with E-state index in [1.54, 1.807) is 0 Å². The van der Waals surface area contributed by atoms with Crippen molar-refractivity contribution in [3.63, 3.8) is 0 Å². The molecule has 0 aromatic carbocycles. The van der Waals surface area contributed by atoms with Crippen molar-refractivity contribution < 1.29 is 14.6 Å². The Bertz CT molecular complexity index is 136.